The number of likely N-dealkylation sites (tertiary alicyclic amines) is 1. The third-order valence-electron chi connectivity index (χ3n) is 6.71. The first-order chi connectivity index (χ1) is 14.5. The van der Waals surface area contributed by atoms with Crippen molar-refractivity contribution in [2.24, 2.45) is 17.6 Å². The fourth-order valence-corrected chi connectivity index (χ4v) is 5.44. The van der Waals surface area contributed by atoms with Gasteiger partial charge in [0, 0.05) is 24.2 Å². The molecular formula is C23H24N4O3. The Bertz CT molecular complexity index is 1010. The average molecular weight is 404 g/mol. The van der Waals surface area contributed by atoms with Crippen LogP contribution >= 0.6 is 0 Å². The Morgan fingerprint density at radius 1 is 1.03 bits per heavy atom. The smallest absolute Gasteiger partial charge is 0.235 e. The molecule has 5 rings (SSSR count). The molecule has 5 unspecified atom stereocenters. The number of hydrogen-bond acceptors (Lipinski definition) is 5. The number of benzene rings is 2. The number of imide groups is 1. The highest BCUT2D eigenvalue weighted by Crippen LogP contribution is 2.53. The number of amidine groups is 1. The molecule has 2 aromatic carbocycles. The molecule has 7 heteroatoms. The zero-order chi connectivity index (χ0) is 21.0. The number of fused-ring (bicyclic) bond motifs is 3. The van der Waals surface area contributed by atoms with Crippen molar-refractivity contribution in [3.8, 4) is 0 Å². The van der Waals surface area contributed by atoms with Crippen LogP contribution in [0.2, 0.25) is 0 Å². The van der Waals surface area contributed by atoms with Crippen molar-refractivity contribution in [3.63, 3.8) is 0 Å². The van der Waals surface area contributed by atoms with Crippen LogP contribution < -0.4 is 5.73 Å². The van der Waals surface area contributed by atoms with E-state index in [4.69, 9.17) is 11.1 Å². The first-order valence-electron chi connectivity index (χ1n) is 10.2. The fourth-order valence-electron chi connectivity index (χ4n) is 5.44. The van der Waals surface area contributed by atoms with Crippen LogP contribution in [0, 0.1) is 17.2 Å². The molecular weight excluding hydrogens is 380 g/mol. The molecule has 30 heavy (non-hydrogen) atoms. The predicted octanol–water partition coefficient (Wildman–Crippen LogP) is 1.26. The van der Waals surface area contributed by atoms with Gasteiger partial charge in [-0.05, 0) is 17.5 Å². The lowest BCUT2D eigenvalue weighted by Gasteiger charge is -2.29. The van der Waals surface area contributed by atoms with Crippen LogP contribution in [0.1, 0.15) is 29.2 Å². The molecule has 4 N–H and O–H groups in total. The van der Waals surface area contributed by atoms with Gasteiger partial charge >= 0.3 is 0 Å². The molecule has 0 spiro atoms. The average Bonchev–Trinajstić information content (AvgIpc) is 3.33. The van der Waals surface area contributed by atoms with Crippen molar-refractivity contribution in [3.05, 3.63) is 71.3 Å². The second-order valence-corrected chi connectivity index (χ2v) is 8.43. The zero-order valence-electron chi connectivity index (χ0n) is 16.4. The number of carbonyl (C=O) groups is 2. The number of carbonyl (C=O) groups excluding carboxylic acids is 2. The van der Waals surface area contributed by atoms with Gasteiger partial charge in [0.05, 0.1) is 24.5 Å². The minimum atomic E-state index is -0.499. The summed E-state index contributed by atoms with van der Waals surface area (Å²) in [5, 5.41) is 17.9. The highest BCUT2D eigenvalue weighted by Gasteiger charge is 2.63. The molecule has 5 atom stereocenters. The summed E-state index contributed by atoms with van der Waals surface area (Å²) in [6.07, 6.45) is 0.00232. The van der Waals surface area contributed by atoms with Crippen molar-refractivity contribution in [1.29, 1.82) is 5.41 Å². The van der Waals surface area contributed by atoms with Crippen LogP contribution in [0.5, 0.6) is 0 Å². The Balaban J connectivity index is 1.51. The van der Waals surface area contributed by atoms with Gasteiger partial charge in [-0.2, -0.15) is 0 Å². The number of amides is 2. The van der Waals surface area contributed by atoms with Crippen LogP contribution in [0.25, 0.3) is 0 Å². The molecule has 3 heterocycles. The van der Waals surface area contributed by atoms with Crippen LogP contribution in [0.15, 0.2) is 54.6 Å². The summed E-state index contributed by atoms with van der Waals surface area (Å²) in [5.74, 6) is -1.18. The van der Waals surface area contributed by atoms with Gasteiger partial charge in [-0.3, -0.25) is 24.8 Å². The molecule has 3 fully saturated rings. The van der Waals surface area contributed by atoms with Gasteiger partial charge in [0.15, 0.2) is 0 Å². The summed E-state index contributed by atoms with van der Waals surface area (Å²) < 4.78 is 0. The number of nitrogens with one attached hydrogen (secondary N) is 1. The van der Waals surface area contributed by atoms with Gasteiger partial charge in [0.1, 0.15) is 5.84 Å². The van der Waals surface area contributed by atoms with Crippen molar-refractivity contribution in [2.75, 3.05) is 6.54 Å². The van der Waals surface area contributed by atoms with E-state index in [2.05, 4.69) is 4.90 Å². The number of nitrogens with two attached hydrogens (primary N) is 1. The van der Waals surface area contributed by atoms with Gasteiger partial charge in [-0.15, -0.1) is 0 Å². The van der Waals surface area contributed by atoms with Gasteiger partial charge in [0.25, 0.3) is 0 Å². The molecule has 0 radical (unpaired) electrons. The molecule has 3 aliphatic rings. The van der Waals surface area contributed by atoms with Crippen LogP contribution in [-0.2, 0) is 16.1 Å². The summed E-state index contributed by atoms with van der Waals surface area (Å²) in [5.41, 5.74) is 8.02. The van der Waals surface area contributed by atoms with Gasteiger partial charge in [-0.1, -0.05) is 54.6 Å². The van der Waals surface area contributed by atoms with E-state index in [0.717, 1.165) is 11.1 Å². The molecule has 3 saturated heterocycles. The lowest BCUT2D eigenvalue weighted by molar-refractivity contribution is -0.142. The monoisotopic (exact) mass is 404 g/mol. The first-order valence-corrected chi connectivity index (χ1v) is 10.2. The van der Waals surface area contributed by atoms with Crippen molar-refractivity contribution >= 4 is 17.6 Å². The Labute approximate surface area is 174 Å². The molecule has 154 valence electrons. The zero-order valence-corrected chi connectivity index (χ0v) is 16.4. The number of nitrogens with zero attached hydrogens (tertiary/aromatic N) is 2. The van der Waals surface area contributed by atoms with Crippen molar-refractivity contribution in [1.82, 2.24) is 9.80 Å². The van der Waals surface area contributed by atoms with Crippen LogP contribution in [-0.4, -0.2) is 51.2 Å². The maximum Gasteiger partial charge on any atom is 0.235 e. The Morgan fingerprint density at radius 2 is 1.70 bits per heavy atom. The second kappa shape index (κ2) is 7.04. The Kier molecular flexibility index (Phi) is 4.45. The van der Waals surface area contributed by atoms with E-state index in [1.54, 1.807) is 12.1 Å². The first kappa shape index (κ1) is 19.0. The molecule has 0 saturated carbocycles. The summed E-state index contributed by atoms with van der Waals surface area (Å²) in [7, 11) is 0. The Morgan fingerprint density at radius 3 is 2.37 bits per heavy atom. The second-order valence-electron chi connectivity index (χ2n) is 8.43. The minimum Gasteiger partial charge on any atom is -0.392 e. The lowest BCUT2D eigenvalue weighted by Crippen LogP contribution is -2.39. The Hall–Kier alpha value is -3.03. The molecule has 0 bridgehead atoms. The highest BCUT2D eigenvalue weighted by molar-refractivity contribution is 6.06. The molecule has 0 aliphatic carbocycles. The van der Waals surface area contributed by atoms with E-state index in [-0.39, 0.29) is 36.3 Å². The minimum absolute atomic E-state index is 0.0125. The lowest BCUT2D eigenvalue weighted by atomic mass is 9.85. The SMILES string of the molecule is N=C(N)c1ccc(C2C3C(=O)N(Cc4ccccc4)C(=O)C3C3CC(O)CN32)cc1. The fraction of sp³-hybridized carbons (Fsp3) is 0.348. The number of aliphatic hydroxyl groups excluding tert-OH is 1. The molecule has 2 amide bonds. The molecule has 0 aromatic heterocycles. The van der Waals surface area contributed by atoms with E-state index in [0.29, 0.717) is 18.5 Å². The maximum absolute atomic E-state index is 13.4. The van der Waals surface area contributed by atoms with Crippen molar-refractivity contribution < 1.29 is 14.7 Å². The standard InChI is InChI=1S/C23H24N4O3/c24-21(25)15-8-6-14(7-9-15)20-19-18(17-10-16(28)12-26(17)20)22(29)27(23(19)30)11-13-4-2-1-3-5-13/h1-9,16-20,28H,10-12H2,(H3,24,25). The molecule has 3 aliphatic heterocycles. The van der Waals surface area contributed by atoms with E-state index in [9.17, 15) is 14.7 Å². The van der Waals surface area contributed by atoms with Crippen molar-refractivity contribution in [2.45, 2.75) is 31.2 Å². The van der Waals surface area contributed by atoms with E-state index >= 15 is 0 Å². The largest absolute Gasteiger partial charge is 0.392 e. The normalized spacial score (nSPS) is 30.6. The number of aliphatic hydroxyl groups is 1. The topological polar surface area (TPSA) is 111 Å². The number of rotatable bonds is 4. The van der Waals surface area contributed by atoms with E-state index in [1.807, 2.05) is 42.5 Å². The third-order valence-corrected chi connectivity index (χ3v) is 6.71. The highest BCUT2D eigenvalue weighted by atomic mass is 16.3. The maximum atomic E-state index is 13.4. The van der Waals surface area contributed by atoms with Crippen LogP contribution in [0.3, 0.4) is 0 Å². The van der Waals surface area contributed by atoms with Gasteiger partial charge < -0.3 is 10.8 Å². The molecule has 2 aromatic rings. The molecule has 7 nitrogen and oxygen atoms in total. The number of hydrogen-bond donors (Lipinski definition) is 3. The quantitative estimate of drug-likeness (QED) is 0.404. The van der Waals surface area contributed by atoms with Crippen LogP contribution in [0.4, 0.5) is 0 Å². The van der Waals surface area contributed by atoms with E-state index in [1.165, 1.54) is 4.90 Å². The number of nitrogen functional groups attached to an aromatic ring is 1. The summed E-state index contributed by atoms with van der Waals surface area (Å²) >= 11 is 0. The third kappa shape index (κ3) is 2.85. The van der Waals surface area contributed by atoms with E-state index < -0.39 is 17.9 Å². The predicted molar refractivity (Wildman–Crippen MR) is 110 cm³/mol. The summed E-state index contributed by atoms with van der Waals surface area (Å²) in [6, 6.07) is 16.4. The van der Waals surface area contributed by atoms with Gasteiger partial charge in [-0.25, -0.2) is 0 Å². The summed E-state index contributed by atoms with van der Waals surface area (Å²) in [6.45, 7) is 0.729. The van der Waals surface area contributed by atoms with Gasteiger partial charge in [0.2, 0.25) is 11.8 Å². The summed E-state index contributed by atoms with van der Waals surface area (Å²) in [4.78, 5) is 30.3.